The van der Waals surface area contributed by atoms with E-state index in [1.165, 1.54) is 0 Å². The Labute approximate surface area is 122 Å². The number of hydrogen-bond acceptors (Lipinski definition) is 4. The molecule has 1 heterocycles. The molecule has 1 aliphatic heterocycles. The van der Waals surface area contributed by atoms with Crippen LogP contribution < -0.4 is 0 Å². The van der Waals surface area contributed by atoms with Crippen LogP contribution in [0.1, 0.15) is 52.9 Å². The first kappa shape index (κ1) is 15.8. The summed E-state index contributed by atoms with van der Waals surface area (Å²) in [5, 5.41) is 0. The van der Waals surface area contributed by atoms with Crippen molar-refractivity contribution < 1.29 is 19.0 Å². The van der Waals surface area contributed by atoms with Gasteiger partial charge in [0.25, 0.3) is 0 Å². The summed E-state index contributed by atoms with van der Waals surface area (Å²) in [7, 11) is 0. The van der Waals surface area contributed by atoms with Crippen LogP contribution in [0.15, 0.2) is 0 Å². The van der Waals surface area contributed by atoms with Gasteiger partial charge in [0.05, 0.1) is 12.0 Å². The van der Waals surface area contributed by atoms with E-state index in [4.69, 9.17) is 14.2 Å². The number of hydrogen-bond donors (Lipinski definition) is 0. The summed E-state index contributed by atoms with van der Waals surface area (Å²) < 4.78 is 16.9. The summed E-state index contributed by atoms with van der Waals surface area (Å²) in [6.45, 7) is 8.45. The van der Waals surface area contributed by atoms with Crippen molar-refractivity contribution in [3.8, 4) is 0 Å². The minimum absolute atomic E-state index is 0.0246. The SMILES string of the molecule is CCO[C@H]1C[C@H](OC(=O)C2CCOCC2)C1(CC)CC. The molecule has 0 spiro atoms. The highest BCUT2D eigenvalue weighted by Gasteiger charge is 2.55. The predicted molar refractivity (Wildman–Crippen MR) is 76.5 cm³/mol. The molecule has 0 amide bonds. The van der Waals surface area contributed by atoms with Crippen molar-refractivity contribution in [1.29, 1.82) is 0 Å². The largest absolute Gasteiger partial charge is 0.461 e. The van der Waals surface area contributed by atoms with Crippen LogP contribution in [0.2, 0.25) is 0 Å². The standard InChI is InChI=1S/C16H28O4/c1-4-16(5-2)13(19-6-3)11-14(16)20-15(17)12-7-9-18-10-8-12/h12-14H,4-11H2,1-3H3/t13-,14-/m0/s1. The molecule has 0 aromatic rings. The molecule has 1 saturated heterocycles. The van der Waals surface area contributed by atoms with E-state index in [1.807, 2.05) is 6.92 Å². The summed E-state index contributed by atoms with van der Waals surface area (Å²) in [6, 6.07) is 0. The fourth-order valence-electron chi connectivity index (χ4n) is 3.64. The number of carbonyl (C=O) groups excluding carboxylic acids is 1. The van der Waals surface area contributed by atoms with Gasteiger partial charge in [-0.2, -0.15) is 0 Å². The van der Waals surface area contributed by atoms with Crippen molar-refractivity contribution in [2.45, 2.75) is 65.1 Å². The van der Waals surface area contributed by atoms with Gasteiger partial charge in [0.1, 0.15) is 6.10 Å². The van der Waals surface area contributed by atoms with Crippen molar-refractivity contribution in [3.05, 3.63) is 0 Å². The molecule has 1 aliphatic carbocycles. The van der Waals surface area contributed by atoms with Crippen LogP contribution in [0.4, 0.5) is 0 Å². The van der Waals surface area contributed by atoms with E-state index in [-0.39, 0.29) is 29.5 Å². The van der Waals surface area contributed by atoms with Gasteiger partial charge in [-0.1, -0.05) is 13.8 Å². The average Bonchev–Trinajstić information content (AvgIpc) is 2.48. The van der Waals surface area contributed by atoms with E-state index in [9.17, 15) is 4.79 Å². The first-order valence-electron chi connectivity index (χ1n) is 8.07. The third kappa shape index (κ3) is 2.86. The van der Waals surface area contributed by atoms with Gasteiger partial charge in [-0.05, 0) is 32.6 Å². The lowest BCUT2D eigenvalue weighted by atomic mass is 9.60. The summed E-state index contributed by atoms with van der Waals surface area (Å²) in [5.41, 5.74) is 0.0246. The molecule has 0 radical (unpaired) electrons. The Morgan fingerprint density at radius 3 is 2.35 bits per heavy atom. The normalized spacial score (nSPS) is 29.8. The van der Waals surface area contributed by atoms with Crippen molar-refractivity contribution in [1.82, 2.24) is 0 Å². The van der Waals surface area contributed by atoms with E-state index in [2.05, 4.69) is 13.8 Å². The maximum absolute atomic E-state index is 12.3. The van der Waals surface area contributed by atoms with Gasteiger partial charge in [-0.15, -0.1) is 0 Å². The van der Waals surface area contributed by atoms with Crippen LogP contribution in [-0.4, -0.2) is 38.0 Å². The van der Waals surface area contributed by atoms with Crippen LogP contribution in [0.3, 0.4) is 0 Å². The second kappa shape index (κ2) is 6.90. The molecular weight excluding hydrogens is 256 g/mol. The first-order chi connectivity index (χ1) is 9.67. The summed E-state index contributed by atoms with van der Waals surface area (Å²) >= 11 is 0. The minimum atomic E-state index is -0.0282. The van der Waals surface area contributed by atoms with E-state index in [0.717, 1.165) is 38.7 Å². The summed E-state index contributed by atoms with van der Waals surface area (Å²) in [6.07, 6.45) is 4.72. The Morgan fingerprint density at radius 1 is 1.15 bits per heavy atom. The molecule has 2 fully saturated rings. The van der Waals surface area contributed by atoms with Gasteiger partial charge in [-0.3, -0.25) is 4.79 Å². The second-order valence-electron chi connectivity index (χ2n) is 5.93. The van der Waals surface area contributed by atoms with Crippen molar-refractivity contribution in [2.24, 2.45) is 11.3 Å². The zero-order chi connectivity index (χ0) is 14.6. The Kier molecular flexibility index (Phi) is 5.44. The Balaban J connectivity index is 1.93. The fraction of sp³-hybridized carbons (Fsp3) is 0.938. The van der Waals surface area contributed by atoms with Crippen molar-refractivity contribution >= 4 is 5.97 Å². The van der Waals surface area contributed by atoms with Crippen LogP contribution in [-0.2, 0) is 19.0 Å². The molecule has 0 aromatic carbocycles. The van der Waals surface area contributed by atoms with Gasteiger partial charge in [-0.25, -0.2) is 0 Å². The summed E-state index contributed by atoms with van der Waals surface area (Å²) in [4.78, 5) is 12.3. The maximum Gasteiger partial charge on any atom is 0.309 e. The van der Waals surface area contributed by atoms with Gasteiger partial charge < -0.3 is 14.2 Å². The molecule has 2 rings (SSSR count). The van der Waals surface area contributed by atoms with Gasteiger partial charge in [0.15, 0.2) is 0 Å². The monoisotopic (exact) mass is 284 g/mol. The molecule has 116 valence electrons. The average molecular weight is 284 g/mol. The number of rotatable bonds is 6. The quantitative estimate of drug-likeness (QED) is 0.703. The first-order valence-corrected chi connectivity index (χ1v) is 8.07. The van der Waals surface area contributed by atoms with Crippen molar-refractivity contribution in [2.75, 3.05) is 19.8 Å². The highest BCUT2D eigenvalue weighted by molar-refractivity contribution is 5.72. The van der Waals surface area contributed by atoms with E-state index < -0.39 is 0 Å². The molecule has 0 aromatic heterocycles. The fourth-order valence-corrected chi connectivity index (χ4v) is 3.64. The number of ether oxygens (including phenoxy) is 3. The van der Waals surface area contributed by atoms with Crippen LogP contribution in [0.25, 0.3) is 0 Å². The Morgan fingerprint density at radius 2 is 1.80 bits per heavy atom. The molecule has 4 heteroatoms. The predicted octanol–water partition coefficient (Wildman–Crippen LogP) is 2.94. The highest BCUT2D eigenvalue weighted by Crippen LogP contribution is 2.50. The molecule has 20 heavy (non-hydrogen) atoms. The molecule has 1 saturated carbocycles. The number of esters is 1. The van der Waals surface area contributed by atoms with Crippen LogP contribution >= 0.6 is 0 Å². The third-order valence-corrected chi connectivity index (χ3v) is 5.21. The third-order valence-electron chi connectivity index (χ3n) is 5.21. The van der Waals surface area contributed by atoms with Gasteiger partial charge >= 0.3 is 5.97 Å². The molecule has 0 N–H and O–H groups in total. The lowest BCUT2D eigenvalue weighted by Crippen LogP contribution is -2.59. The molecule has 0 bridgehead atoms. The zero-order valence-corrected chi connectivity index (χ0v) is 13.0. The number of carbonyl (C=O) groups is 1. The van der Waals surface area contributed by atoms with Crippen LogP contribution in [0, 0.1) is 11.3 Å². The van der Waals surface area contributed by atoms with Gasteiger partial charge in [0, 0.05) is 31.7 Å². The smallest absolute Gasteiger partial charge is 0.309 e. The lowest BCUT2D eigenvalue weighted by Gasteiger charge is -2.54. The van der Waals surface area contributed by atoms with E-state index >= 15 is 0 Å². The Hall–Kier alpha value is -0.610. The zero-order valence-electron chi connectivity index (χ0n) is 13.0. The molecule has 4 nitrogen and oxygen atoms in total. The molecule has 0 unspecified atom stereocenters. The molecular formula is C16H28O4. The van der Waals surface area contributed by atoms with E-state index in [0.29, 0.717) is 13.2 Å². The topological polar surface area (TPSA) is 44.8 Å². The summed E-state index contributed by atoms with van der Waals surface area (Å²) in [5.74, 6) is 0.000768. The maximum atomic E-state index is 12.3. The van der Waals surface area contributed by atoms with Crippen molar-refractivity contribution in [3.63, 3.8) is 0 Å². The molecule has 2 aliphatic rings. The molecule has 2 atom stereocenters. The second-order valence-corrected chi connectivity index (χ2v) is 5.93. The lowest BCUT2D eigenvalue weighted by molar-refractivity contribution is -0.219. The Bertz CT molecular complexity index is 318. The van der Waals surface area contributed by atoms with E-state index in [1.54, 1.807) is 0 Å². The van der Waals surface area contributed by atoms with Crippen LogP contribution in [0.5, 0.6) is 0 Å². The highest BCUT2D eigenvalue weighted by atomic mass is 16.6. The minimum Gasteiger partial charge on any atom is -0.461 e. The van der Waals surface area contributed by atoms with Gasteiger partial charge in [0.2, 0.25) is 0 Å².